The Kier molecular flexibility index (Phi) is 4.52. The summed E-state index contributed by atoms with van der Waals surface area (Å²) >= 11 is 0. The van der Waals surface area contributed by atoms with Crippen LogP contribution in [0.25, 0.3) is 6.08 Å². The topological polar surface area (TPSA) is 24.5 Å². The van der Waals surface area contributed by atoms with Gasteiger partial charge in [0.05, 0.1) is 0 Å². The Morgan fingerprint density at radius 3 is 2.48 bits per heavy atom. The molecule has 1 N–H and O–H groups in total. The van der Waals surface area contributed by atoms with Crippen LogP contribution in [-0.2, 0) is 4.74 Å². The van der Waals surface area contributed by atoms with Crippen LogP contribution < -0.4 is 5.32 Å². The van der Waals surface area contributed by atoms with Crippen LogP contribution in [0.15, 0.2) is 30.3 Å². The molecule has 3 fully saturated rings. The predicted octanol–water partition coefficient (Wildman–Crippen LogP) is 2.89. The second-order valence-electron chi connectivity index (χ2n) is 7.24. The molecular weight excluding hydrogens is 284 g/mol. The minimum Gasteiger partial charge on any atom is -0.381 e. The number of hydrogen-bond donors (Lipinski definition) is 1. The van der Waals surface area contributed by atoms with Gasteiger partial charge >= 0.3 is 0 Å². The summed E-state index contributed by atoms with van der Waals surface area (Å²) in [5.41, 5.74) is 2.83. The number of piperazine rings is 1. The van der Waals surface area contributed by atoms with Gasteiger partial charge in [-0.3, -0.25) is 4.90 Å². The predicted molar refractivity (Wildman–Crippen MR) is 94.6 cm³/mol. The van der Waals surface area contributed by atoms with E-state index in [9.17, 15) is 0 Å². The van der Waals surface area contributed by atoms with Gasteiger partial charge in [0.2, 0.25) is 0 Å². The van der Waals surface area contributed by atoms with Gasteiger partial charge in [-0.1, -0.05) is 36.4 Å². The van der Waals surface area contributed by atoms with Gasteiger partial charge in [-0.15, -0.1) is 0 Å². The van der Waals surface area contributed by atoms with Gasteiger partial charge < -0.3 is 10.1 Å². The molecule has 2 bridgehead atoms. The maximum absolute atomic E-state index is 5.51. The number of allylic oxidation sites excluding steroid dienone is 1. The third-order valence-corrected chi connectivity index (χ3v) is 5.88. The minimum absolute atomic E-state index is 0.684. The highest BCUT2D eigenvalue weighted by atomic mass is 16.5. The molecule has 3 nitrogen and oxygen atoms in total. The molecule has 0 amide bonds. The molecule has 3 saturated heterocycles. The van der Waals surface area contributed by atoms with Gasteiger partial charge in [0.15, 0.2) is 0 Å². The van der Waals surface area contributed by atoms with E-state index in [0.717, 1.165) is 38.1 Å². The Morgan fingerprint density at radius 2 is 1.83 bits per heavy atom. The zero-order valence-corrected chi connectivity index (χ0v) is 14.1. The molecule has 3 heteroatoms. The van der Waals surface area contributed by atoms with Crippen molar-refractivity contribution in [2.45, 2.75) is 37.8 Å². The van der Waals surface area contributed by atoms with Crippen molar-refractivity contribution in [1.29, 1.82) is 0 Å². The molecule has 3 aliphatic heterocycles. The Bertz CT molecular complexity index is 535. The molecule has 1 aromatic rings. The molecule has 3 atom stereocenters. The molecule has 23 heavy (non-hydrogen) atoms. The first-order valence-electron chi connectivity index (χ1n) is 9.13. The van der Waals surface area contributed by atoms with Gasteiger partial charge in [0, 0.05) is 50.8 Å². The summed E-state index contributed by atoms with van der Waals surface area (Å²) < 4.78 is 5.51. The van der Waals surface area contributed by atoms with Crippen molar-refractivity contribution in [2.24, 2.45) is 5.92 Å². The number of nitrogens with zero attached hydrogens (tertiary/aromatic N) is 1. The van der Waals surface area contributed by atoms with Crippen molar-refractivity contribution in [1.82, 2.24) is 10.2 Å². The van der Waals surface area contributed by atoms with E-state index in [-0.39, 0.29) is 0 Å². The maximum atomic E-state index is 5.51. The van der Waals surface area contributed by atoms with Crippen LogP contribution in [0.3, 0.4) is 0 Å². The van der Waals surface area contributed by atoms with Crippen molar-refractivity contribution >= 4 is 6.08 Å². The van der Waals surface area contributed by atoms with E-state index in [1.54, 1.807) is 0 Å². The van der Waals surface area contributed by atoms with E-state index in [1.165, 1.54) is 30.5 Å². The Balaban J connectivity index is 1.44. The van der Waals surface area contributed by atoms with Gasteiger partial charge in [-0.25, -0.2) is 0 Å². The molecule has 0 spiro atoms. The second-order valence-corrected chi connectivity index (χ2v) is 7.24. The number of likely N-dealkylation sites (tertiary alicyclic amines) is 1. The van der Waals surface area contributed by atoms with Crippen LogP contribution in [-0.4, -0.2) is 49.8 Å². The molecule has 124 valence electrons. The van der Waals surface area contributed by atoms with Crippen molar-refractivity contribution < 1.29 is 4.74 Å². The van der Waals surface area contributed by atoms with Crippen LogP contribution in [0, 0.1) is 5.92 Å². The van der Waals surface area contributed by atoms with Crippen LogP contribution in [0.5, 0.6) is 0 Å². The largest absolute Gasteiger partial charge is 0.381 e. The normalized spacial score (nSPS) is 32.1. The summed E-state index contributed by atoms with van der Waals surface area (Å²) in [6.45, 7) is 7.55. The summed E-state index contributed by atoms with van der Waals surface area (Å²) in [5, 5.41) is 3.61. The molecule has 3 aliphatic rings. The van der Waals surface area contributed by atoms with Crippen LogP contribution in [0.2, 0.25) is 0 Å². The van der Waals surface area contributed by atoms with Gasteiger partial charge in [0.25, 0.3) is 0 Å². The van der Waals surface area contributed by atoms with E-state index in [2.05, 4.69) is 53.6 Å². The molecule has 1 aromatic carbocycles. The number of piperidine rings is 1. The summed E-state index contributed by atoms with van der Waals surface area (Å²) in [6.07, 6.45) is 6.76. The quantitative estimate of drug-likeness (QED) is 0.925. The van der Waals surface area contributed by atoms with E-state index in [0.29, 0.717) is 12.1 Å². The standard InChI is InChI=1S/C20H28N2O/c1-2-3-15-4-6-17(7-5-15)20-18-12-21-13-19(20)22(18)14-16-8-10-23-11-9-16/h2-7,16,18-21H,8-14H2,1H3/b3-2+/t18-,19+,20?. The number of benzene rings is 1. The average molecular weight is 312 g/mol. The molecule has 4 rings (SSSR count). The van der Waals surface area contributed by atoms with Crippen molar-refractivity contribution in [2.75, 3.05) is 32.8 Å². The lowest BCUT2D eigenvalue weighted by Gasteiger charge is -2.60. The SMILES string of the molecule is C/C=C/c1ccc(C2[C@H]3CNC[C@@H]2N3CC2CCOCC2)cc1. The maximum Gasteiger partial charge on any atom is 0.0469 e. The first-order chi connectivity index (χ1) is 11.4. The molecule has 1 unspecified atom stereocenters. The number of fused-ring (bicyclic) bond motifs is 2. The fraction of sp³-hybridized carbons (Fsp3) is 0.600. The van der Waals surface area contributed by atoms with Crippen LogP contribution in [0.4, 0.5) is 0 Å². The molecular formula is C20H28N2O. The minimum atomic E-state index is 0.684. The Morgan fingerprint density at radius 1 is 1.13 bits per heavy atom. The highest BCUT2D eigenvalue weighted by Gasteiger charge is 2.51. The third kappa shape index (κ3) is 2.98. The van der Waals surface area contributed by atoms with Gasteiger partial charge in [0.1, 0.15) is 0 Å². The van der Waals surface area contributed by atoms with E-state index in [1.807, 2.05) is 0 Å². The number of rotatable bonds is 4. The summed E-state index contributed by atoms with van der Waals surface area (Å²) in [4.78, 5) is 2.77. The van der Waals surface area contributed by atoms with Gasteiger partial charge in [-0.05, 0) is 36.8 Å². The monoisotopic (exact) mass is 312 g/mol. The fourth-order valence-corrected chi connectivity index (χ4v) is 4.64. The highest BCUT2D eigenvalue weighted by molar-refractivity contribution is 5.50. The highest BCUT2D eigenvalue weighted by Crippen LogP contribution is 2.43. The van der Waals surface area contributed by atoms with E-state index in [4.69, 9.17) is 4.74 Å². The lowest BCUT2D eigenvalue weighted by Crippen LogP contribution is -2.73. The van der Waals surface area contributed by atoms with Crippen molar-refractivity contribution in [3.05, 3.63) is 41.5 Å². The molecule has 0 saturated carbocycles. The van der Waals surface area contributed by atoms with Crippen molar-refractivity contribution in [3.8, 4) is 0 Å². The molecule has 0 aromatic heterocycles. The van der Waals surface area contributed by atoms with E-state index >= 15 is 0 Å². The summed E-state index contributed by atoms with van der Waals surface area (Å²) in [6, 6.07) is 10.6. The summed E-state index contributed by atoms with van der Waals surface area (Å²) in [7, 11) is 0. The summed E-state index contributed by atoms with van der Waals surface area (Å²) in [5.74, 6) is 1.56. The molecule has 0 radical (unpaired) electrons. The molecule has 3 heterocycles. The third-order valence-electron chi connectivity index (χ3n) is 5.88. The van der Waals surface area contributed by atoms with Crippen LogP contribution >= 0.6 is 0 Å². The average Bonchev–Trinajstić information content (AvgIpc) is 2.62. The second kappa shape index (κ2) is 6.76. The number of nitrogens with one attached hydrogen (secondary N) is 1. The van der Waals surface area contributed by atoms with Crippen LogP contribution in [0.1, 0.15) is 36.8 Å². The smallest absolute Gasteiger partial charge is 0.0469 e. The zero-order valence-electron chi connectivity index (χ0n) is 14.1. The number of hydrogen-bond acceptors (Lipinski definition) is 3. The first kappa shape index (κ1) is 15.4. The zero-order chi connectivity index (χ0) is 15.6. The number of ether oxygens (including phenoxy) is 1. The lowest BCUT2D eigenvalue weighted by molar-refractivity contribution is -0.0628. The lowest BCUT2D eigenvalue weighted by atomic mass is 9.71. The van der Waals surface area contributed by atoms with Gasteiger partial charge in [-0.2, -0.15) is 0 Å². The molecule has 0 aliphatic carbocycles. The Hall–Kier alpha value is -1.16. The first-order valence-corrected chi connectivity index (χ1v) is 9.13. The Labute approximate surface area is 139 Å². The van der Waals surface area contributed by atoms with E-state index < -0.39 is 0 Å². The van der Waals surface area contributed by atoms with Crippen molar-refractivity contribution in [3.63, 3.8) is 0 Å². The fourth-order valence-electron chi connectivity index (χ4n) is 4.64.